The summed E-state index contributed by atoms with van der Waals surface area (Å²) < 4.78 is 5.50. The number of piperidine rings is 1. The maximum absolute atomic E-state index is 5.91. The quantitative estimate of drug-likeness (QED) is 0.603. The van der Waals surface area contributed by atoms with E-state index in [2.05, 4.69) is 50.9 Å². The van der Waals surface area contributed by atoms with Gasteiger partial charge in [-0.25, -0.2) is 0 Å². The molecular weight excluding hydrogens is 346 g/mol. The summed E-state index contributed by atoms with van der Waals surface area (Å²) in [5.41, 5.74) is 7.58. The summed E-state index contributed by atoms with van der Waals surface area (Å²) in [6.45, 7) is 14.9. The van der Waals surface area contributed by atoms with Crippen LogP contribution in [0.2, 0.25) is 0 Å². The number of nitrogens with two attached hydrogens (primary N) is 1. The molecule has 2 aliphatic heterocycles. The van der Waals surface area contributed by atoms with Gasteiger partial charge in [-0.2, -0.15) is 0 Å². The lowest BCUT2D eigenvalue weighted by Gasteiger charge is -2.39. The Bertz CT molecular complexity index is 477. The Morgan fingerprint density at radius 1 is 1.18 bits per heavy atom. The Balaban J connectivity index is 1.78. The van der Waals surface area contributed by atoms with E-state index in [1.165, 1.54) is 57.3 Å². The van der Waals surface area contributed by atoms with Crippen LogP contribution in [0.1, 0.15) is 79.6 Å². The van der Waals surface area contributed by atoms with Gasteiger partial charge < -0.3 is 20.7 Å². The molecule has 0 aromatic rings. The van der Waals surface area contributed by atoms with Crippen molar-refractivity contribution >= 4 is 0 Å². The van der Waals surface area contributed by atoms with Gasteiger partial charge in [-0.05, 0) is 89.3 Å². The molecule has 0 amide bonds. The Hall–Kier alpha value is -0.580. The first-order valence-corrected chi connectivity index (χ1v) is 11.7. The van der Waals surface area contributed by atoms with E-state index in [4.69, 9.17) is 10.5 Å². The average molecular weight is 394 g/mol. The molecule has 0 radical (unpaired) electrons. The van der Waals surface area contributed by atoms with Crippen LogP contribution in [-0.2, 0) is 4.74 Å². The van der Waals surface area contributed by atoms with Crippen LogP contribution in [0.15, 0.2) is 11.8 Å². The number of allylic oxidation sites excluding steroid dienone is 1. The zero-order chi connectivity index (χ0) is 20.7. The van der Waals surface area contributed by atoms with E-state index >= 15 is 0 Å². The summed E-state index contributed by atoms with van der Waals surface area (Å²) >= 11 is 0. The zero-order valence-corrected chi connectivity index (χ0v) is 19.5. The summed E-state index contributed by atoms with van der Waals surface area (Å²) in [4.78, 5) is 2.72. The molecule has 1 fully saturated rings. The zero-order valence-electron chi connectivity index (χ0n) is 19.5. The predicted octanol–water partition coefficient (Wildman–Crippen LogP) is 4.55. The number of rotatable bonds is 9. The topological polar surface area (TPSA) is 50.5 Å². The minimum atomic E-state index is 0.153. The summed E-state index contributed by atoms with van der Waals surface area (Å²) in [7, 11) is 1.78. The van der Waals surface area contributed by atoms with Crippen molar-refractivity contribution in [2.24, 2.45) is 23.0 Å². The van der Waals surface area contributed by atoms with Gasteiger partial charge in [0.15, 0.2) is 0 Å². The highest BCUT2D eigenvalue weighted by Gasteiger charge is 2.29. The second kappa shape index (κ2) is 11.0. The Morgan fingerprint density at radius 2 is 1.86 bits per heavy atom. The number of hydrogen-bond donors (Lipinski definition) is 2. The van der Waals surface area contributed by atoms with Gasteiger partial charge >= 0.3 is 0 Å². The van der Waals surface area contributed by atoms with Gasteiger partial charge in [0.25, 0.3) is 0 Å². The SMILES string of the molecule is COC(C)C1=CC[C@@H](CCC2CCN([C@@H](C)CC(C)(C)C)CC2)C(CCN)N1. The van der Waals surface area contributed by atoms with E-state index < -0.39 is 0 Å². The van der Waals surface area contributed by atoms with E-state index in [9.17, 15) is 0 Å². The smallest absolute Gasteiger partial charge is 0.0934 e. The van der Waals surface area contributed by atoms with Gasteiger partial charge in [-0.1, -0.05) is 33.3 Å². The van der Waals surface area contributed by atoms with E-state index in [0.717, 1.165) is 18.9 Å². The number of methoxy groups -OCH3 is 1. The Labute approximate surface area is 174 Å². The van der Waals surface area contributed by atoms with Gasteiger partial charge in [0, 0.05) is 24.9 Å². The summed E-state index contributed by atoms with van der Waals surface area (Å²) in [6.07, 6.45) is 11.5. The predicted molar refractivity (Wildman–Crippen MR) is 120 cm³/mol. The first kappa shape index (κ1) is 23.7. The normalized spacial score (nSPS) is 27.2. The molecule has 2 rings (SSSR count). The third-order valence-electron chi connectivity index (χ3n) is 6.96. The summed E-state index contributed by atoms with van der Waals surface area (Å²) in [5, 5.41) is 3.73. The van der Waals surface area contributed by atoms with Gasteiger partial charge in [0.1, 0.15) is 0 Å². The molecule has 4 nitrogen and oxygen atoms in total. The minimum Gasteiger partial charge on any atom is -0.383 e. The van der Waals surface area contributed by atoms with Crippen LogP contribution in [0.4, 0.5) is 0 Å². The lowest BCUT2D eigenvalue weighted by Crippen LogP contribution is -2.43. The third-order valence-corrected chi connectivity index (χ3v) is 6.96. The number of ether oxygens (including phenoxy) is 1. The van der Waals surface area contributed by atoms with Gasteiger partial charge in [0.05, 0.1) is 6.10 Å². The van der Waals surface area contributed by atoms with Crippen molar-refractivity contribution in [1.82, 2.24) is 10.2 Å². The Morgan fingerprint density at radius 3 is 2.43 bits per heavy atom. The molecule has 28 heavy (non-hydrogen) atoms. The molecule has 0 bridgehead atoms. The van der Waals surface area contributed by atoms with E-state index in [0.29, 0.717) is 23.4 Å². The molecular formula is C24H47N3O. The molecule has 4 heteroatoms. The molecule has 0 spiro atoms. The third kappa shape index (κ3) is 7.35. The second-order valence-corrected chi connectivity index (χ2v) is 10.5. The van der Waals surface area contributed by atoms with Crippen molar-refractivity contribution in [3.8, 4) is 0 Å². The van der Waals surface area contributed by atoms with Gasteiger partial charge in [-0.3, -0.25) is 0 Å². The molecule has 2 aliphatic rings. The van der Waals surface area contributed by atoms with Crippen molar-refractivity contribution in [3.05, 3.63) is 11.8 Å². The van der Waals surface area contributed by atoms with E-state index in [1.54, 1.807) is 7.11 Å². The standard InChI is InChI=1S/C24H47N3O/c1-18(17-24(3,4)5)27-15-12-20(13-16-27)7-8-21-9-10-22(19(2)28-6)26-23(21)11-14-25/h10,18-21,23,26H,7-9,11-17,25H2,1-6H3/t18-,19?,21+,23?/m0/s1. The maximum Gasteiger partial charge on any atom is 0.0934 e. The molecule has 2 heterocycles. The number of nitrogens with zero attached hydrogens (tertiary/aromatic N) is 1. The fourth-order valence-electron chi connectivity index (χ4n) is 5.20. The van der Waals surface area contributed by atoms with Crippen molar-refractivity contribution in [2.45, 2.75) is 97.8 Å². The second-order valence-electron chi connectivity index (χ2n) is 10.5. The summed E-state index contributed by atoms with van der Waals surface area (Å²) in [5.74, 6) is 1.62. The monoisotopic (exact) mass is 393 g/mol. The van der Waals surface area contributed by atoms with Crippen LogP contribution < -0.4 is 11.1 Å². The number of nitrogens with one attached hydrogen (secondary N) is 1. The summed E-state index contributed by atoms with van der Waals surface area (Å²) in [6, 6.07) is 1.22. The van der Waals surface area contributed by atoms with Crippen LogP contribution in [-0.4, -0.2) is 49.8 Å². The van der Waals surface area contributed by atoms with Crippen LogP contribution in [0.3, 0.4) is 0 Å². The van der Waals surface area contributed by atoms with Crippen LogP contribution in [0, 0.1) is 17.3 Å². The van der Waals surface area contributed by atoms with Crippen molar-refractivity contribution in [3.63, 3.8) is 0 Å². The van der Waals surface area contributed by atoms with Crippen molar-refractivity contribution in [2.75, 3.05) is 26.7 Å². The van der Waals surface area contributed by atoms with E-state index in [-0.39, 0.29) is 6.10 Å². The highest BCUT2D eigenvalue weighted by Crippen LogP contribution is 2.32. The molecule has 0 aromatic heterocycles. The first-order valence-electron chi connectivity index (χ1n) is 11.7. The fraction of sp³-hybridized carbons (Fsp3) is 0.917. The van der Waals surface area contributed by atoms with Gasteiger partial charge in [0.2, 0.25) is 0 Å². The molecule has 0 saturated carbocycles. The maximum atomic E-state index is 5.91. The number of likely N-dealkylation sites (tertiary alicyclic amines) is 1. The lowest BCUT2D eigenvalue weighted by atomic mass is 9.81. The van der Waals surface area contributed by atoms with Crippen LogP contribution >= 0.6 is 0 Å². The minimum absolute atomic E-state index is 0.153. The van der Waals surface area contributed by atoms with E-state index in [1.807, 2.05) is 0 Å². The molecule has 4 atom stereocenters. The Kier molecular flexibility index (Phi) is 9.30. The highest BCUT2D eigenvalue weighted by atomic mass is 16.5. The molecule has 1 saturated heterocycles. The first-order chi connectivity index (χ1) is 13.2. The largest absolute Gasteiger partial charge is 0.383 e. The highest BCUT2D eigenvalue weighted by molar-refractivity contribution is 5.12. The average Bonchev–Trinajstić information content (AvgIpc) is 2.65. The van der Waals surface area contributed by atoms with Gasteiger partial charge in [-0.15, -0.1) is 0 Å². The van der Waals surface area contributed by atoms with Crippen molar-refractivity contribution in [1.29, 1.82) is 0 Å². The lowest BCUT2D eigenvalue weighted by molar-refractivity contribution is 0.105. The van der Waals surface area contributed by atoms with Crippen LogP contribution in [0.5, 0.6) is 0 Å². The molecule has 3 N–H and O–H groups in total. The molecule has 2 unspecified atom stereocenters. The molecule has 164 valence electrons. The number of hydrogen-bond acceptors (Lipinski definition) is 4. The van der Waals surface area contributed by atoms with Crippen LogP contribution in [0.25, 0.3) is 0 Å². The molecule has 0 aliphatic carbocycles. The fourth-order valence-corrected chi connectivity index (χ4v) is 5.20. The van der Waals surface area contributed by atoms with Crippen molar-refractivity contribution < 1.29 is 4.74 Å². The molecule has 0 aromatic carbocycles.